The molecule has 10 heteroatoms. The number of rotatable bonds is 7. The molecule has 1 aromatic carbocycles. The van der Waals surface area contributed by atoms with Crippen LogP contribution in [0, 0.1) is 10.1 Å². The molecule has 0 fully saturated rings. The number of benzene rings is 1. The molecule has 0 bridgehead atoms. The topological polar surface area (TPSA) is 106 Å². The number of nitro benzene ring substituents is 1. The summed E-state index contributed by atoms with van der Waals surface area (Å²) in [4.78, 5) is 11.6. The van der Waals surface area contributed by atoms with E-state index in [2.05, 4.69) is 4.72 Å². The summed E-state index contributed by atoms with van der Waals surface area (Å²) < 4.78 is 32.6. The molecular weight excluding hydrogens is 358 g/mol. The van der Waals surface area contributed by atoms with Crippen LogP contribution in [-0.4, -0.2) is 38.9 Å². The van der Waals surface area contributed by atoms with Crippen molar-refractivity contribution >= 4 is 27.3 Å². The van der Waals surface area contributed by atoms with Crippen molar-refractivity contribution < 1.29 is 17.8 Å². The van der Waals surface area contributed by atoms with Gasteiger partial charge in [0.25, 0.3) is 5.69 Å². The van der Waals surface area contributed by atoms with E-state index >= 15 is 0 Å². The normalized spacial score (nSPS) is 13.2. The van der Waals surface area contributed by atoms with Crippen LogP contribution in [0.2, 0.25) is 5.02 Å². The zero-order valence-electron chi connectivity index (χ0n) is 13.0. The van der Waals surface area contributed by atoms with Gasteiger partial charge in [-0.15, -0.1) is 0 Å². The number of halogens is 1. The first-order valence-corrected chi connectivity index (χ1v) is 8.72. The standard InChI is InChI=1S/C14H16ClN3O5S/c1-17(2)12(13-4-3-7-23-13)9-16-24(21,22)14-8-10(18(19)20)5-6-11(14)15/h3-8,12,16H,9H2,1-2H3/t12-/m1/s1. The van der Waals surface area contributed by atoms with E-state index in [-0.39, 0.29) is 28.2 Å². The SMILES string of the molecule is CN(C)[C@H](CNS(=O)(=O)c1cc([N+](=O)[O-])ccc1Cl)c1ccco1. The second-order valence-corrected chi connectivity index (χ2v) is 7.36. The Morgan fingerprint density at radius 2 is 2.08 bits per heavy atom. The van der Waals surface area contributed by atoms with Gasteiger partial charge in [0.05, 0.1) is 22.3 Å². The fourth-order valence-electron chi connectivity index (χ4n) is 2.10. The lowest BCUT2D eigenvalue weighted by Crippen LogP contribution is -2.34. The molecule has 0 amide bonds. The molecule has 1 atom stereocenters. The number of sulfonamides is 1. The van der Waals surface area contributed by atoms with E-state index in [0.29, 0.717) is 5.76 Å². The molecule has 0 aliphatic carbocycles. The molecule has 0 saturated heterocycles. The number of nitrogens with one attached hydrogen (secondary N) is 1. The van der Waals surface area contributed by atoms with Crippen molar-refractivity contribution in [3.8, 4) is 0 Å². The Labute approximate surface area is 144 Å². The van der Waals surface area contributed by atoms with Crippen LogP contribution in [0.3, 0.4) is 0 Å². The third kappa shape index (κ3) is 4.12. The third-order valence-corrected chi connectivity index (χ3v) is 5.28. The highest BCUT2D eigenvalue weighted by Gasteiger charge is 2.24. The highest BCUT2D eigenvalue weighted by Crippen LogP contribution is 2.26. The van der Waals surface area contributed by atoms with E-state index in [1.54, 1.807) is 31.1 Å². The molecule has 2 rings (SSSR count). The summed E-state index contributed by atoms with van der Waals surface area (Å²) in [5.74, 6) is 0.591. The third-order valence-electron chi connectivity index (χ3n) is 3.38. The van der Waals surface area contributed by atoms with Crippen molar-refractivity contribution in [1.29, 1.82) is 0 Å². The molecular formula is C14H16ClN3O5S. The average Bonchev–Trinajstić information content (AvgIpc) is 3.01. The number of nitrogens with zero attached hydrogens (tertiary/aromatic N) is 2. The Bertz CT molecular complexity index is 821. The van der Waals surface area contributed by atoms with Crippen LogP contribution < -0.4 is 4.72 Å². The Hall–Kier alpha value is -1.94. The lowest BCUT2D eigenvalue weighted by molar-refractivity contribution is -0.385. The van der Waals surface area contributed by atoms with Gasteiger partial charge in [-0.2, -0.15) is 0 Å². The fraction of sp³-hybridized carbons (Fsp3) is 0.286. The molecule has 130 valence electrons. The van der Waals surface area contributed by atoms with E-state index in [9.17, 15) is 18.5 Å². The zero-order valence-corrected chi connectivity index (χ0v) is 14.5. The minimum absolute atomic E-state index is 0.0157. The summed E-state index contributed by atoms with van der Waals surface area (Å²) in [5.41, 5.74) is -0.352. The minimum atomic E-state index is -4.02. The predicted molar refractivity (Wildman–Crippen MR) is 88.4 cm³/mol. The van der Waals surface area contributed by atoms with Gasteiger partial charge in [-0.1, -0.05) is 11.6 Å². The predicted octanol–water partition coefficient (Wildman–Crippen LogP) is 2.42. The number of hydrogen-bond donors (Lipinski definition) is 1. The maximum atomic E-state index is 12.5. The molecule has 0 aliphatic heterocycles. The maximum Gasteiger partial charge on any atom is 0.270 e. The number of non-ortho nitro benzene ring substituents is 1. The van der Waals surface area contributed by atoms with Gasteiger partial charge in [0, 0.05) is 18.7 Å². The summed E-state index contributed by atoms with van der Waals surface area (Å²) in [6, 6.07) is 6.36. The number of furan rings is 1. The van der Waals surface area contributed by atoms with Crippen molar-refractivity contribution in [2.45, 2.75) is 10.9 Å². The van der Waals surface area contributed by atoms with E-state index in [1.165, 1.54) is 12.3 Å². The Kier molecular flexibility index (Phi) is 5.60. The van der Waals surface area contributed by atoms with Crippen LogP contribution in [0.25, 0.3) is 0 Å². The highest BCUT2D eigenvalue weighted by molar-refractivity contribution is 7.89. The first-order chi connectivity index (χ1) is 11.2. The second kappa shape index (κ2) is 7.31. The molecule has 0 radical (unpaired) electrons. The van der Waals surface area contributed by atoms with Crippen molar-refractivity contribution in [3.63, 3.8) is 0 Å². The molecule has 2 aromatic rings. The lowest BCUT2D eigenvalue weighted by atomic mass is 10.2. The molecule has 1 aromatic heterocycles. The number of hydrogen-bond acceptors (Lipinski definition) is 6. The van der Waals surface area contributed by atoms with Crippen molar-refractivity contribution in [2.75, 3.05) is 20.6 Å². The largest absolute Gasteiger partial charge is 0.468 e. The van der Waals surface area contributed by atoms with Gasteiger partial charge in [0.15, 0.2) is 0 Å². The summed E-state index contributed by atoms with van der Waals surface area (Å²) in [6.45, 7) is 0.0157. The molecule has 8 nitrogen and oxygen atoms in total. The van der Waals surface area contributed by atoms with Gasteiger partial charge in [-0.3, -0.25) is 15.0 Å². The first-order valence-electron chi connectivity index (χ1n) is 6.86. The Morgan fingerprint density at radius 1 is 1.38 bits per heavy atom. The second-order valence-electron chi connectivity index (χ2n) is 5.22. The summed E-state index contributed by atoms with van der Waals surface area (Å²) in [7, 11) is -0.462. The van der Waals surface area contributed by atoms with Crippen LogP contribution in [0.15, 0.2) is 45.9 Å². The molecule has 0 aliphatic rings. The summed E-state index contributed by atoms with van der Waals surface area (Å²) in [5, 5.41) is 10.7. The average molecular weight is 374 g/mol. The Balaban J connectivity index is 2.25. The molecule has 1 heterocycles. The molecule has 0 spiro atoms. The van der Waals surface area contributed by atoms with Crippen LogP contribution in [0.1, 0.15) is 11.8 Å². The molecule has 1 N–H and O–H groups in total. The maximum absolute atomic E-state index is 12.5. The quantitative estimate of drug-likeness (QED) is 0.590. The van der Waals surface area contributed by atoms with Crippen molar-refractivity contribution in [2.24, 2.45) is 0 Å². The van der Waals surface area contributed by atoms with Gasteiger partial charge < -0.3 is 4.42 Å². The van der Waals surface area contributed by atoms with Gasteiger partial charge >= 0.3 is 0 Å². The zero-order chi connectivity index (χ0) is 17.9. The van der Waals surface area contributed by atoms with Crippen LogP contribution in [0.4, 0.5) is 5.69 Å². The Morgan fingerprint density at radius 3 is 2.62 bits per heavy atom. The van der Waals surface area contributed by atoms with Gasteiger partial charge in [0.2, 0.25) is 10.0 Å². The van der Waals surface area contributed by atoms with E-state index in [4.69, 9.17) is 16.0 Å². The fourth-order valence-corrected chi connectivity index (χ4v) is 3.65. The monoisotopic (exact) mass is 373 g/mol. The van der Waals surface area contributed by atoms with Crippen molar-refractivity contribution in [1.82, 2.24) is 9.62 Å². The summed E-state index contributed by atoms with van der Waals surface area (Å²) in [6.07, 6.45) is 1.50. The van der Waals surface area contributed by atoms with Crippen LogP contribution in [0.5, 0.6) is 0 Å². The number of likely N-dealkylation sites (N-methyl/N-ethyl adjacent to an activating group) is 1. The molecule has 24 heavy (non-hydrogen) atoms. The lowest BCUT2D eigenvalue weighted by Gasteiger charge is -2.22. The minimum Gasteiger partial charge on any atom is -0.468 e. The molecule has 0 unspecified atom stereocenters. The van der Waals surface area contributed by atoms with E-state index < -0.39 is 14.9 Å². The van der Waals surface area contributed by atoms with Gasteiger partial charge in [0.1, 0.15) is 10.7 Å². The van der Waals surface area contributed by atoms with Crippen molar-refractivity contribution in [3.05, 3.63) is 57.5 Å². The molecule has 0 saturated carbocycles. The van der Waals surface area contributed by atoms with Crippen LogP contribution >= 0.6 is 11.6 Å². The van der Waals surface area contributed by atoms with Gasteiger partial charge in [-0.05, 0) is 32.3 Å². The first kappa shape index (κ1) is 18.4. The highest BCUT2D eigenvalue weighted by atomic mass is 35.5. The van der Waals surface area contributed by atoms with Gasteiger partial charge in [-0.25, -0.2) is 13.1 Å². The van der Waals surface area contributed by atoms with E-state index in [1.807, 2.05) is 0 Å². The van der Waals surface area contributed by atoms with E-state index in [0.717, 1.165) is 12.1 Å². The summed E-state index contributed by atoms with van der Waals surface area (Å²) >= 11 is 5.89. The van der Waals surface area contributed by atoms with Crippen LogP contribution in [-0.2, 0) is 10.0 Å². The smallest absolute Gasteiger partial charge is 0.270 e. The number of nitro groups is 1.